The molecule has 3 aromatic carbocycles. The minimum Gasteiger partial charge on any atom is -0.494 e. The molecule has 1 aliphatic rings. The minimum atomic E-state index is -0.936. The number of carbonyl (C=O) groups is 1. The van der Waals surface area contributed by atoms with Gasteiger partial charge in [0.15, 0.2) is 6.10 Å². The van der Waals surface area contributed by atoms with Gasteiger partial charge in [0.05, 0.1) is 6.61 Å². The molecule has 0 fully saturated rings. The van der Waals surface area contributed by atoms with E-state index in [1.54, 1.807) is 6.92 Å². The van der Waals surface area contributed by atoms with E-state index in [1.807, 2.05) is 24.3 Å². The van der Waals surface area contributed by atoms with E-state index < -0.39 is 12.1 Å². The van der Waals surface area contributed by atoms with Crippen molar-refractivity contribution >= 4 is 17.3 Å². The lowest BCUT2D eigenvalue weighted by molar-refractivity contribution is -0.149. The van der Waals surface area contributed by atoms with Gasteiger partial charge in [-0.2, -0.15) is 0 Å². The maximum Gasteiger partial charge on any atom is 0.333 e. The molecule has 1 unspecified atom stereocenters. The van der Waals surface area contributed by atoms with E-state index in [9.17, 15) is 9.90 Å². The standard InChI is InChI=1S/C29H33NO4/c1-2-33-28(29(31)32)21-22-15-17-25(18-16-22)34-20-8-19-30-26-13-5-3-9-23(26)11-7-12-24-10-4-6-14-27(24)30/h3-6,9-10,13-18,28H,2,7-8,11-12,19-21H2,1H3,(H,31,32). The predicted molar refractivity (Wildman–Crippen MR) is 135 cm³/mol. The zero-order valence-corrected chi connectivity index (χ0v) is 19.8. The Morgan fingerprint density at radius 2 is 1.56 bits per heavy atom. The van der Waals surface area contributed by atoms with Crippen LogP contribution in [0.15, 0.2) is 72.8 Å². The number of rotatable bonds is 10. The van der Waals surface area contributed by atoms with Crippen molar-refractivity contribution in [3.63, 3.8) is 0 Å². The normalized spacial score (nSPS) is 13.9. The van der Waals surface area contributed by atoms with E-state index in [0.29, 0.717) is 19.6 Å². The number of para-hydroxylation sites is 2. The Bertz CT molecular complexity index is 1030. The van der Waals surface area contributed by atoms with Crippen LogP contribution in [0.3, 0.4) is 0 Å². The lowest BCUT2D eigenvalue weighted by Crippen LogP contribution is -2.26. The molecule has 178 valence electrons. The molecule has 0 aliphatic carbocycles. The van der Waals surface area contributed by atoms with Crippen LogP contribution in [0.1, 0.15) is 36.5 Å². The van der Waals surface area contributed by atoms with Gasteiger partial charge in [0.2, 0.25) is 0 Å². The average molecular weight is 460 g/mol. The van der Waals surface area contributed by atoms with Crippen molar-refractivity contribution in [2.45, 2.75) is 45.1 Å². The van der Waals surface area contributed by atoms with Crippen LogP contribution in [0.2, 0.25) is 0 Å². The van der Waals surface area contributed by atoms with Crippen LogP contribution in [0.25, 0.3) is 0 Å². The number of aliphatic carboxylic acids is 1. The topological polar surface area (TPSA) is 59.0 Å². The number of aryl methyl sites for hydroxylation is 2. The fourth-order valence-electron chi connectivity index (χ4n) is 4.58. The second-order valence-electron chi connectivity index (χ2n) is 8.59. The van der Waals surface area contributed by atoms with E-state index in [4.69, 9.17) is 9.47 Å². The summed E-state index contributed by atoms with van der Waals surface area (Å²) < 4.78 is 11.3. The Morgan fingerprint density at radius 3 is 2.15 bits per heavy atom. The summed E-state index contributed by atoms with van der Waals surface area (Å²) in [5.74, 6) is -0.143. The monoisotopic (exact) mass is 459 g/mol. The number of carboxylic acid groups (broad SMARTS) is 1. The van der Waals surface area contributed by atoms with Crippen molar-refractivity contribution < 1.29 is 19.4 Å². The fraction of sp³-hybridized carbons (Fsp3) is 0.345. The third-order valence-electron chi connectivity index (χ3n) is 6.24. The lowest BCUT2D eigenvalue weighted by atomic mass is 9.97. The van der Waals surface area contributed by atoms with Gasteiger partial charge in [-0.3, -0.25) is 0 Å². The molecule has 5 nitrogen and oxygen atoms in total. The van der Waals surface area contributed by atoms with Crippen LogP contribution >= 0.6 is 0 Å². The Labute approximate surface area is 201 Å². The molecule has 1 heterocycles. The summed E-state index contributed by atoms with van der Waals surface area (Å²) in [6.07, 6.45) is 3.76. The first-order valence-corrected chi connectivity index (χ1v) is 12.1. The SMILES string of the molecule is CCOC(Cc1ccc(OCCCN2c3ccccc3CCCc3ccccc32)cc1)C(=O)O. The minimum absolute atomic E-state index is 0.344. The summed E-state index contributed by atoms with van der Waals surface area (Å²) in [4.78, 5) is 13.7. The van der Waals surface area contributed by atoms with Gasteiger partial charge in [0.25, 0.3) is 0 Å². The number of nitrogens with zero attached hydrogens (tertiary/aromatic N) is 1. The maximum absolute atomic E-state index is 11.3. The molecule has 1 N–H and O–H groups in total. The zero-order valence-electron chi connectivity index (χ0n) is 19.8. The Balaban J connectivity index is 1.37. The van der Waals surface area contributed by atoms with Crippen LogP contribution < -0.4 is 9.64 Å². The highest BCUT2D eigenvalue weighted by Gasteiger charge is 2.19. The molecule has 0 spiro atoms. The van der Waals surface area contributed by atoms with E-state index in [2.05, 4.69) is 53.4 Å². The van der Waals surface area contributed by atoms with Crippen molar-refractivity contribution in [1.82, 2.24) is 0 Å². The first-order chi connectivity index (χ1) is 16.7. The van der Waals surface area contributed by atoms with Crippen LogP contribution in [0.5, 0.6) is 5.75 Å². The van der Waals surface area contributed by atoms with Crippen molar-refractivity contribution in [2.75, 3.05) is 24.7 Å². The molecule has 3 aromatic rings. The summed E-state index contributed by atoms with van der Waals surface area (Å²) in [7, 11) is 0. The van der Waals surface area contributed by atoms with Gasteiger partial charge >= 0.3 is 5.97 Å². The number of benzene rings is 3. The van der Waals surface area contributed by atoms with E-state index >= 15 is 0 Å². The smallest absolute Gasteiger partial charge is 0.333 e. The Morgan fingerprint density at radius 1 is 0.941 bits per heavy atom. The van der Waals surface area contributed by atoms with Crippen molar-refractivity contribution in [3.05, 3.63) is 89.5 Å². The number of hydrogen-bond acceptors (Lipinski definition) is 4. The lowest BCUT2D eigenvalue weighted by Gasteiger charge is -2.31. The largest absolute Gasteiger partial charge is 0.494 e. The van der Waals surface area contributed by atoms with Gasteiger partial charge in [-0.25, -0.2) is 4.79 Å². The fourth-order valence-corrected chi connectivity index (χ4v) is 4.58. The zero-order chi connectivity index (χ0) is 23.8. The molecule has 0 aromatic heterocycles. The summed E-state index contributed by atoms with van der Waals surface area (Å²) in [5.41, 5.74) is 6.31. The molecule has 1 aliphatic heterocycles. The first-order valence-electron chi connectivity index (χ1n) is 12.1. The third kappa shape index (κ3) is 5.97. The molecule has 0 saturated carbocycles. The van der Waals surface area contributed by atoms with E-state index in [0.717, 1.165) is 37.1 Å². The van der Waals surface area contributed by atoms with Gasteiger partial charge < -0.3 is 19.5 Å². The number of carboxylic acids is 1. The van der Waals surface area contributed by atoms with Crippen molar-refractivity contribution in [3.8, 4) is 5.75 Å². The third-order valence-corrected chi connectivity index (χ3v) is 6.24. The number of anilines is 2. The second kappa shape index (κ2) is 11.7. The van der Waals surface area contributed by atoms with E-state index in [1.165, 1.54) is 28.9 Å². The highest BCUT2D eigenvalue weighted by atomic mass is 16.5. The van der Waals surface area contributed by atoms with Gasteiger partial charge in [-0.1, -0.05) is 48.5 Å². The van der Waals surface area contributed by atoms with Gasteiger partial charge in [0, 0.05) is 30.9 Å². The molecule has 34 heavy (non-hydrogen) atoms. The summed E-state index contributed by atoms with van der Waals surface area (Å²) >= 11 is 0. The first kappa shape index (κ1) is 23.8. The van der Waals surface area contributed by atoms with E-state index in [-0.39, 0.29) is 0 Å². The number of hydrogen-bond donors (Lipinski definition) is 1. The quantitative estimate of drug-likeness (QED) is 0.388. The molecule has 1 atom stereocenters. The second-order valence-corrected chi connectivity index (χ2v) is 8.59. The molecule has 0 saturated heterocycles. The molecular formula is C29H33NO4. The van der Waals surface area contributed by atoms with Gasteiger partial charge in [0.1, 0.15) is 5.75 Å². The maximum atomic E-state index is 11.3. The average Bonchev–Trinajstić information content (AvgIpc) is 2.84. The molecule has 0 bridgehead atoms. The number of ether oxygens (including phenoxy) is 2. The predicted octanol–water partition coefficient (Wildman–Crippen LogP) is 5.81. The molecule has 4 rings (SSSR count). The molecule has 0 amide bonds. The highest BCUT2D eigenvalue weighted by Crippen LogP contribution is 2.35. The Hall–Kier alpha value is -3.31. The summed E-state index contributed by atoms with van der Waals surface area (Å²) in [5, 5.41) is 9.27. The van der Waals surface area contributed by atoms with Gasteiger partial charge in [-0.05, 0) is 73.6 Å². The summed E-state index contributed by atoms with van der Waals surface area (Å²) in [6, 6.07) is 25.1. The molecular weight excluding hydrogens is 426 g/mol. The van der Waals surface area contributed by atoms with Crippen LogP contribution in [0, 0.1) is 0 Å². The molecule has 0 radical (unpaired) electrons. The van der Waals surface area contributed by atoms with Crippen LogP contribution in [0.4, 0.5) is 11.4 Å². The molecule has 5 heteroatoms. The highest BCUT2D eigenvalue weighted by molar-refractivity contribution is 5.72. The van der Waals surface area contributed by atoms with Crippen molar-refractivity contribution in [1.29, 1.82) is 0 Å². The Kier molecular flexibility index (Phi) is 8.21. The van der Waals surface area contributed by atoms with Crippen LogP contribution in [-0.4, -0.2) is 36.9 Å². The van der Waals surface area contributed by atoms with Gasteiger partial charge in [-0.15, -0.1) is 0 Å². The number of fused-ring (bicyclic) bond motifs is 2. The summed E-state index contributed by atoms with van der Waals surface area (Å²) in [6.45, 7) is 3.67. The van der Waals surface area contributed by atoms with Crippen LogP contribution in [-0.2, 0) is 28.8 Å². The van der Waals surface area contributed by atoms with Crippen molar-refractivity contribution in [2.24, 2.45) is 0 Å².